The van der Waals surface area contributed by atoms with E-state index in [0.717, 1.165) is 16.7 Å². The summed E-state index contributed by atoms with van der Waals surface area (Å²) in [6.45, 7) is 6.24. The summed E-state index contributed by atoms with van der Waals surface area (Å²) in [6, 6.07) is 10.9. The van der Waals surface area contributed by atoms with Crippen LogP contribution >= 0.6 is 0 Å². The zero-order valence-electron chi connectivity index (χ0n) is 14.0. The minimum absolute atomic E-state index is 0.201. The Labute approximate surface area is 145 Å². The lowest BCUT2D eigenvalue weighted by Crippen LogP contribution is -2.10. The number of hydrogen-bond acceptors (Lipinski definition) is 1. The number of halogens is 1. The normalized spacial score (nSPS) is 11.3. The summed E-state index contributed by atoms with van der Waals surface area (Å²) in [6.07, 6.45) is 7.23. The van der Waals surface area contributed by atoms with Gasteiger partial charge in [0.1, 0.15) is 5.82 Å². The van der Waals surface area contributed by atoms with E-state index in [4.69, 9.17) is 5.73 Å². The van der Waals surface area contributed by atoms with Gasteiger partial charge in [0.05, 0.1) is 11.1 Å². The number of rotatable bonds is 5. The van der Waals surface area contributed by atoms with Gasteiger partial charge in [-0.15, -0.1) is 0 Å². The molecule has 0 aliphatic carbocycles. The van der Waals surface area contributed by atoms with E-state index in [2.05, 4.69) is 12.6 Å². The van der Waals surface area contributed by atoms with E-state index in [1.54, 1.807) is 24.4 Å². The lowest BCUT2D eigenvalue weighted by molar-refractivity contribution is 0.100. The summed E-state index contributed by atoms with van der Waals surface area (Å²) in [7, 11) is 0. The van der Waals surface area contributed by atoms with Gasteiger partial charge in [0.25, 0.3) is 5.91 Å². The fourth-order valence-corrected chi connectivity index (χ4v) is 2.96. The topological polar surface area (TPSA) is 48.0 Å². The first-order chi connectivity index (χ1) is 12.0. The van der Waals surface area contributed by atoms with Crippen molar-refractivity contribution in [2.45, 2.75) is 13.5 Å². The summed E-state index contributed by atoms with van der Waals surface area (Å²) in [5.41, 5.74) is 9.56. The third-order valence-electron chi connectivity index (χ3n) is 4.23. The molecule has 1 heterocycles. The van der Waals surface area contributed by atoms with Crippen LogP contribution < -0.4 is 5.73 Å². The summed E-state index contributed by atoms with van der Waals surface area (Å²) >= 11 is 0. The van der Waals surface area contributed by atoms with E-state index in [9.17, 15) is 9.18 Å². The van der Waals surface area contributed by atoms with Crippen LogP contribution in [0.5, 0.6) is 0 Å². The van der Waals surface area contributed by atoms with Gasteiger partial charge in [-0.05, 0) is 41.8 Å². The molecule has 1 amide bonds. The fourth-order valence-electron chi connectivity index (χ4n) is 2.96. The second-order valence-electron chi connectivity index (χ2n) is 5.95. The third-order valence-corrected chi connectivity index (χ3v) is 4.23. The molecule has 0 spiro atoms. The maximum Gasteiger partial charge on any atom is 0.250 e. The number of amides is 1. The molecule has 0 aliphatic rings. The fraction of sp³-hybridized carbons (Fsp3) is 0.0952. The van der Waals surface area contributed by atoms with Crippen LogP contribution in [0.25, 0.3) is 17.0 Å². The summed E-state index contributed by atoms with van der Waals surface area (Å²) < 4.78 is 16.0. The maximum absolute atomic E-state index is 14.2. The first-order valence-corrected chi connectivity index (χ1v) is 7.97. The number of nitrogens with two attached hydrogens (primary N) is 1. The van der Waals surface area contributed by atoms with Crippen LogP contribution in [0, 0.1) is 12.7 Å². The summed E-state index contributed by atoms with van der Waals surface area (Å²) in [4.78, 5) is 11.7. The van der Waals surface area contributed by atoms with Crippen LogP contribution in [-0.4, -0.2) is 10.5 Å². The van der Waals surface area contributed by atoms with Gasteiger partial charge in [0.2, 0.25) is 0 Å². The van der Waals surface area contributed by atoms with Gasteiger partial charge in [-0.25, -0.2) is 4.39 Å². The van der Waals surface area contributed by atoms with Crippen molar-refractivity contribution in [3.8, 4) is 0 Å². The highest BCUT2D eigenvalue weighted by atomic mass is 19.1. The zero-order valence-corrected chi connectivity index (χ0v) is 14.0. The predicted octanol–water partition coefficient (Wildman–Crippen LogP) is 4.44. The molecule has 0 fully saturated rings. The molecule has 0 bridgehead atoms. The molecule has 3 nitrogen and oxygen atoms in total. The molecule has 2 aromatic carbocycles. The average molecular weight is 334 g/mol. The minimum atomic E-state index is -0.632. The maximum atomic E-state index is 14.2. The number of carbonyl (C=O) groups is 1. The number of allylic oxidation sites excluding steroid dienone is 2. The number of aromatic nitrogens is 1. The smallest absolute Gasteiger partial charge is 0.250 e. The number of fused-ring (bicyclic) bond motifs is 1. The van der Waals surface area contributed by atoms with E-state index >= 15 is 0 Å². The van der Waals surface area contributed by atoms with Gasteiger partial charge in [0, 0.05) is 18.1 Å². The van der Waals surface area contributed by atoms with Crippen LogP contribution in [0.2, 0.25) is 0 Å². The first kappa shape index (κ1) is 16.7. The third kappa shape index (κ3) is 3.24. The minimum Gasteiger partial charge on any atom is -0.366 e. The molecule has 4 heteroatoms. The highest BCUT2D eigenvalue weighted by Crippen LogP contribution is 2.25. The largest absolute Gasteiger partial charge is 0.366 e. The van der Waals surface area contributed by atoms with Gasteiger partial charge in [-0.2, -0.15) is 0 Å². The average Bonchev–Trinajstić information content (AvgIpc) is 2.96. The number of benzene rings is 2. The number of nitrogens with zero attached hydrogens (tertiary/aromatic N) is 1. The van der Waals surface area contributed by atoms with Crippen molar-refractivity contribution in [2.75, 3.05) is 0 Å². The van der Waals surface area contributed by atoms with Crippen molar-refractivity contribution in [1.29, 1.82) is 0 Å². The second kappa shape index (κ2) is 6.77. The van der Waals surface area contributed by atoms with E-state index in [-0.39, 0.29) is 10.9 Å². The SMILES string of the molecule is C=C/C=C\c1cc(Cn2cc(C(N)=O)c3c(F)cccc32)ccc1C. The highest BCUT2D eigenvalue weighted by molar-refractivity contribution is 6.06. The number of aryl methyl sites for hydroxylation is 1. The van der Waals surface area contributed by atoms with Gasteiger partial charge >= 0.3 is 0 Å². The van der Waals surface area contributed by atoms with Crippen molar-refractivity contribution in [3.63, 3.8) is 0 Å². The monoisotopic (exact) mass is 334 g/mol. The van der Waals surface area contributed by atoms with Crippen molar-refractivity contribution < 1.29 is 9.18 Å². The van der Waals surface area contributed by atoms with Crippen LogP contribution in [0.3, 0.4) is 0 Å². The van der Waals surface area contributed by atoms with E-state index < -0.39 is 11.7 Å². The molecular weight excluding hydrogens is 315 g/mol. The predicted molar refractivity (Wildman–Crippen MR) is 99.9 cm³/mol. The molecule has 3 aromatic rings. The molecular formula is C21H19FN2O. The molecule has 3 rings (SSSR count). The van der Waals surface area contributed by atoms with Crippen LogP contribution in [0.4, 0.5) is 4.39 Å². The molecule has 0 atom stereocenters. The van der Waals surface area contributed by atoms with Crippen LogP contribution in [0.15, 0.2) is 61.3 Å². The molecule has 126 valence electrons. The lowest BCUT2D eigenvalue weighted by Gasteiger charge is -2.08. The molecule has 0 radical (unpaired) electrons. The van der Waals surface area contributed by atoms with Gasteiger partial charge in [-0.3, -0.25) is 4.79 Å². The Bertz CT molecular complexity index is 999. The number of primary amides is 1. The van der Waals surface area contributed by atoms with Crippen LogP contribution in [0.1, 0.15) is 27.0 Å². The highest BCUT2D eigenvalue weighted by Gasteiger charge is 2.16. The van der Waals surface area contributed by atoms with Crippen molar-refractivity contribution in [2.24, 2.45) is 5.73 Å². The number of carbonyl (C=O) groups excluding carboxylic acids is 1. The Morgan fingerprint density at radius 2 is 2.12 bits per heavy atom. The Balaban J connectivity index is 2.07. The second-order valence-corrected chi connectivity index (χ2v) is 5.95. The number of hydrogen-bond donors (Lipinski definition) is 1. The van der Waals surface area contributed by atoms with Crippen LogP contribution in [-0.2, 0) is 6.54 Å². The van der Waals surface area contributed by atoms with E-state index in [0.29, 0.717) is 12.1 Å². The molecule has 0 saturated carbocycles. The van der Waals surface area contributed by atoms with E-state index in [1.807, 2.05) is 35.8 Å². The quantitative estimate of drug-likeness (QED) is 0.689. The Morgan fingerprint density at radius 1 is 1.32 bits per heavy atom. The van der Waals surface area contributed by atoms with Crippen molar-refractivity contribution in [1.82, 2.24) is 4.57 Å². The molecule has 0 aliphatic heterocycles. The van der Waals surface area contributed by atoms with E-state index in [1.165, 1.54) is 6.07 Å². The van der Waals surface area contributed by atoms with Gasteiger partial charge in [-0.1, -0.05) is 43.0 Å². The summed E-state index contributed by atoms with van der Waals surface area (Å²) in [5, 5.41) is 0.272. The zero-order chi connectivity index (χ0) is 18.0. The first-order valence-electron chi connectivity index (χ1n) is 7.97. The van der Waals surface area contributed by atoms with Gasteiger partial charge < -0.3 is 10.3 Å². The Kier molecular flexibility index (Phi) is 4.52. The molecule has 0 saturated heterocycles. The standard InChI is InChI=1S/C21H19FN2O/c1-3-4-6-16-11-15(10-9-14(16)2)12-24-13-17(21(23)25)20-18(22)7-5-8-19(20)24/h3-11,13H,1,12H2,2H3,(H2,23,25)/b6-4-. The Hall–Kier alpha value is -3.14. The lowest BCUT2D eigenvalue weighted by atomic mass is 10.0. The van der Waals surface area contributed by atoms with Crippen molar-refractivity contribution in [3.05, 3.63) is 89.4 Å². The molecule has 2 N–H and O–H groups in total. The molecule has 0 unspecified atom stereocenters. The summed E-state index contributed by atoms with van der Waals surface area (Å²) in [5.74, 6) is -1.07. The Morgan fingerprint density at radius 3 is 2.84 bits per heavy atom. The molecule has 25 heavy (non-hydrogen) atoms. The molecule has 1 aromatic heterocycles. The van der Waals surface area contributed by atoms with Gasteiger partial charge in [0.15, 0.2) is 0 Å². The van der Waals surface area contributed by atoms with Crippen molar-refractivity contribution >= 4 is 22.9 Å².